The summed E-state index contributed by atoms with van der Waals surface area (Å²) in [6.45, 7) is 2.31. The van der Waals surface area contributed by atoms with E-state index < -0.39 is 0 Å². The number of aromatic nitrogens is 2. The molecule has 0 unspecified atom stereocenters. The van der Waals surface area contributed by atoms with Gasteiger partial charge in [-0.15, -0.1) is 0 Å². The van der Waals surface area contributed by atoms with Crippen LogP contribution in [0.2, 0.25) is 0 Å². The van der Waals surface area contributed by atoms with Crippen LogP contribution in [0, 0.1) is 12.7 Å². The van der Waals surface area contributed by atoms with Gasteiger partial charge in [0.05, 0.1) is 16.8 Å². The number of rotatable bonds is 4. The van der Waals surface area contributed by atoms with Crippen LogP contribution in [0.1, 0.15) is 21.5 Å². The topological polar surface area (TPSA) is 46.1 Å². The third-order valence-corrected chi connectivity index (χ3v) is 5.22. The van der Waals surface area contributed by atoms with Gasteiger partial charge in [0.15, 0.2) is 5.13 Å². The van der Waals surface area contributed by atoms with Crippen LogP contribution in [-0.4, -0.2) is 15.9 Å². The molecule has 4 aromatic rings. The molecule has 6 heteroatoms. The van der Waals surface area contributed by atoms with Gasteiger partial charge >= 0.3 is 0 Å². The van der Waals surface area contributed by atoms with E-state index in [0.717, 1.165) is 11.1 Å². The van der Waals surface area contributed by atoms with E-state index in [2.05, 4.69) is 9.97 Å². The highest BCUT2D eigenvalue weighted by Crippen LogP contribution is 2.31. The maximum absolute atomic E-state index is 13.5. The Kier molecular flexibility index (Phi) is 4.64. The van der Waals surface area contributed by atoms with Crippen molar-refractivity contribution in [3.63, 3.8) is 0 Å². The lowest BCUT2D eigenvalue weighted by Crippen LogP contribution is -2.30. The molecule has 2 heterocycles. The van der Waals surface area contributed by atoms with Crippen molar-refractivity contribution in [2.24, 2.45) is 0 Å². The Hall–Kier alpha value is -3.12. The van der Waals surface area contributed by atoms with E-state index in [1.165, 1.54) is 23.5 Å². The van der Waals surface area contributed by atoms with E-state index >= 15 is 0 Å². The molecular formula is C21H16FN3OS. The number of carbonyl (C=O) groups excluding carboxylic acids is 1. The summed E-state index contributed by atoms with van der Waals surface area (Å²) in [6, 6.07) is 15.6. The zero-order valence-corrected chi connectivity index (χ0v) is 15.4. The Bertz CT molecular complexity index is 1090. The summed E-state index contributed by atoms with van der Waals surface area (Å²) in [5, 5.41) is 0.532. The molecule has 0 radical (unpaired) electrons. The lowest BCUT2D eigenvalue weighted by molar-refractivity contribution is 0.0985. The fourth-order valence-corrected chi connectivity index (χ4v) is 3.74. The van der Waals surface area contributed by atoms with Crippen molar-refractivity contribution in [1.82, 2.24) is 9.97 Å². The van der Waals surface area contributed by atoms with Gasteiger partial charge in [0.2, 0.25) is 0 Å². The molecule has 0 spiro atoms. The average molecular weight is 377 g/mol. The van der Waals surface area contributed by atoms with E-state index in [-0.39, 0.29) is 11.7 Å². The van der Waals surface area contributed by atoms with Crippen molar-refractivity contribution in [3.05, 3.63) is 89.5 Å². The summed E-state index contributed by atoms with van der Waals surface area (Å²) >= 11 is 1.30. The summed E-state index contributed by atoms with van der Waals surface area (Å²) in [7, 11) is 0. The Morgan fingerprint density at radius 1 is 1.15 bits per heavy atom. The zero-order valence-electron chi connectivity index (χ0n) is 14.6. The summed E-state index contributed by atoms with van der Waals surface area (Å²) in [4.78, 5) is 23.5. The molecule has 134 valence electrons. The summed E-state index contributed by atoms with van der Waals surface area (Å²) in [6.07, 6.45) is 3.42. The van der Waals surface area contributed by atoms with Gasteiger partial charge in [0.25, 0.3) is 5.91 Å². The van der Waals surface area contributed by atoms with Crippen LogP contribution >= 0.6 is 11.3 Å². The summed E-state index contributed by atoms with van der Waals surface area (Å²) < 4.78 is 14.3. The fourth-order valence-electron chi connectivity index (χ4n) is 2.75. The molecule has 4 rings (SSSR count). The second-order valence-corrected chi connectivity index (χ2v) is 7.24. The van der Waals surface area contributed by atoms with Gasteiger partial charge in [0, 0.05) is 18.0 Å². The predicted molar refractivity (Wildman–Crippen MR) is 106 cm³/mol. The normalized spacial score (nSPS) is 10.9. The average Bonchev–Trinajstić information content (AvgIpc) is 3.10. The fraction of sp³-hybridized carbons (Fsp3) is 0.0952. The van der Waals surface area contributed by atoms with Gasteiger partial charge in [-0.05, 0) is 48.9 Å². The lowest BCUT2D eigenvalue weighted by Gasteiger charge is -2.20. The second-order valence-electron chi connectivity index (χ2n) is 6.23. The maximum Gasteiger partial charge on any atom is 0.260 e. The van der Waals surface area contributed by atoms with Gasteiger partial charge in [-0.25, -0.2) is 9.37 Å². The monoisotopic (exact) mass is 377 g/mol. The molecule has 2 aromatic carbocycles. The van der Waals surface area contributed by atoms with Crippen molar-refractivity contribution in [2.45, 2.75) is 13.5 Å². The molecule has 27 heavy (non-hydrogen) atoms. The van der Waals surface area contributed by atoms with Gasteiger partial charge in [-0.2, -0.15) is 0 Å². The van der Waals surface area contributed by atoms with Crippen molar-refractivity contribution < 1.29 is 9.18 Å². The highest BCUT2D eigenvalue weighted by Gasteiger charge is 2.22. The standard InChI is InChI=1S/C21H16FN3OS/c1-14-4-6-16(7-5-14)20(26)25(13-15-3-2-10-23-12-15)21-24-18-9-8-17(22)11-19(18)27-21/h2-12H,13H2,1H3. The second kappa shape index (κ2) is 7.25. The molecule has 0 fully saturated rings. The SMILES string of the molecule is Cc1ccc(C(=O)N(Cc2cccnc2)c2nc3ccc(F)cc3s2)cc1. The van der Waals surface area contributed by atoms with Gasteiger partial charge in [-0.1, -0.05) is 35.1 Å². The van der Waals surface area contributed by atoms with Crippen molar-refractivity contribution in [1.29, 1.82) is 0 Å². The molecule has 0 bridgehead atoms. The molecule has 0 aliphatic rings. The Morgan fingerprint density at radius 2 is 1.96 bits per heavy atom. The van der Waals surface area contributed by atoms with E-state index in [0.29, 0.717) is 27.5 Å². The lowest BCUT2D eigenvalue weighted by atomic mass is 10.1. The van der Waals surface area contributed by atoms with E-state index in [1.54, 1.807) is 35.5 Å². The Morgan fingerprint density at radius 3 is 2.70 bits per heavy atom. The summed E-state index contributed by atoms with van der Waals surface area (Å²) in [5.41, 5.74) is 3.23. The number of thiazole rings is 1. The van der Waals surface area contributed by atoms with Crippen LogP contribution in [0.5, 0.6) is 0 Å². The highest BCUT2D eigenvalue weighted by molar-refractivity contribution is 7.22. The van der Waals surface area contributed by atoms with Crippen LogP contribution < -0.4 is 4.90 Å². The molecule has 0 atom stereocenters. The number of benzene rings is 2. The molecule has 0 saturated heterocycles. The van der Waals surface area contributed by atoms with Crippen LogP contribution in [0.15, 0.2) is 67.0 Å². The van der Waals surface area contributed by atoms with Crippen LogP contribution in [0.25, 0.3) is 10.2 Å². The molecule has 0 N–H and O–H groups in total. The van der Waals surface area contributed by atoms with Crippen molar-refractivity contribution in [2.75, 3.05) is 4.90 Å². The number of aryl methyl sites for hydroxylation is 1. The first-order valence-corrected chi connectivity index (χ1v) is 9.25. The molecule has 0 aliphatic heterocycles. The molecule has 0 aliphatic carbocycles. The number of fused-ring (bicyclic) bond motifs is 1. The van der Waals surface area contributed by atoms with Gasteiger partial charge < -0.3 is 0 Å². The maximum atomic E-state index is 13.5. The Labute approximate surface area is 159 Å². The molecular weight excluding hydrogens is 361 g/mol. The first kappa shape index (κ1) is 17.3. The number of halogens is 1. The first-order chi connectivity index (χ1) is 13.1. The van der Waals surface area contributed by atoms with E-state index in [1.807, 2.05) is 31.2 Å². The largest absolute Gasteiger partial charge is 0.279 e. The number of nitrogens with zero attached hydrogens (tertiary/aromatic N) is 3. The molecule has 1 amide bonds. The first-order valence-electron chi connectivity index (χ1n) is 8.44. The molecule has 0 saturated carbocycles. The van der Waals surface area contributed by atoms with Crippen LogP contribution in [0.4, 0.5) is 9.52 Å². The third-order valence-electron chi connectivity index (χ3n) is 4.18. The molecule has 2 aromatic heterocycles. The predicted octanol–water partition coefficient (Wildman–Crippen LogP) is 4.99. The van der Waals surface area contributed by atoms with Gasteiger partial charge in [0.1, 0.15) is 5.82 Å². The van der Waals surface area contributed by atoms with E-state index in [4.69, 9.17) is 0 Å². The van der Waals surface area contributed by atoms with Crippen molar-refractivity contribution in [3.8, 4) is 0 Å². The van der Waals surface area contributed by atoms with E-state index in [9.17, 15) is 9.18 Å². The number of anilines is 1. The minimum atomic E-state index is -0.318. The number of carbonyl (C=O) groups is 1. The minimum Gasteiger partial charge on any atom is -0.279 e. The highest BCUT2D eigenvalue weighted by atomic mass is 32.1. The zero-order chi connectivity index (χ0) is 18.8. The Balaban J connectivity index is 1.76. The number of hydrogen-bond acceptors (Lipinski definition) is 4. The van der Waals surface area contributed by atoms with Gasteiger partial charge in [-0.3, -0.25) is 14.7 Å². The summed E-state index contributed by atoms with van der Waals surface area (Å²) in [5.74, 6) is -0.472. The minimum absolute atomic E-state index is 0.154. The smallest absolute Gasteiger partial charge is 0.260 e. The number of pyridine rings is 1. The molecule has 4 nitrogen and oxygen atoms in total. The quantitative estimate of drug-likeness (QED) is 0.504. The number of amides is 1. The van der Waals surface area contributed by atoms with Crippen LogP contribution in [-0.2, 0) is 6.54 Å². The van der Waals surface area contributed by atoms with Crippen molar-refractivity contribution >= 4 is 32.6 Å². The third kappa shape index (κ3) is 3.71. The number of hydrogen-bond donors (Lipinski definition) is 0. The van der Waals surface area contributed by atoms with Crippen LogP contribution in [0.3, 0.4) is 0 Å².